The van der Waals surface area contributed by atoms with Crippen molar-refractivity contribution in [2.75, 3.05) is 0 Å². The molecule has 0 bridgehead atoms. The van der Waals surface area contributed by atoms with Crippen molar-refractivity contribution in [1.29, 1.82) is 0 Å². The predicted octanol–water partition coefficient (Wildman–Crippen LogP) is 6.61. The van der Waals surface area contributed by atoms with Crippen LogP contribution in [0.3, 0.4) is 0 Å². The topological polar surface area (TPSA) is 33.1 Å². The molecule has 0 radical (unpaired) electrons. The van der Waals surface area contributed by atoms with Gasteiger partial charge in [0.05, 0.1) is 12.3 Å². The van der Waals surface area contributed by atoms with Crippen molar-refractivity contribution in [2.45, 2.75) is 72.8 Å². The van der Waals surface area contributed by atoms with Gasteiger partial charge in [-0.15, -0.1) is 0 Å². The summed E-state index contributed by atoms with van der Waals surface area (Å²) >= 11 is 0. The van der Waals surface area contributed by atoms with Gasteiger partial charge in [-0.05, 0) is 41.9 Å². The molecule has 0 aliphatic heterocycles. The fourth-order valence-corrected chi connectivity index (χ4v) is 3.45. The van der Waals surface area contributed by atoms with Gasteiger partial charge in [0.15, 0.2) is 0 Å². The molecule has 0 saturated carbocycles. The van der Waals surface area contributed by atoms with Crippen molar-refractivity contribution >= 4 is 6.08 Å². The number of allylic oxidation sites excluding steroid dienone is 1. The van der Waals surface area contributed by atoms with Crippen LogP contribution in [-0.4, -0.2) is 10.1 Å². The number of hydrogen-bond acceptors (Lipinski definition) is 2. The smallest absolute Gasteiger partial charge is 0.0706 e. The molecule has 2 aromatic rings. The van der Waals surface area contributed by atoms with Gasteiger partial charge in [-0.25, -0.2) is 0 Å². The molecule has 0 fully saturated rings. The Hall–Kier alpha value is -1.93. The first-order chi connectivity index (χ1) is 12.4. The minimum atomic E-state index is 0.0111. The average Bonchev–Trinajstić information content (AvgIpc) is 2.61. The van der Waals surface area contributed by atoms with E-state index in [1.807, 2.05) is 0 Å². The van der Waals surface area contributed by atoms with Crippen LogP contribution < -0.4 is 0 Å². The first-order valence-corrected chi connectivity index (χ1v) is 9.82. The highest BCUT2D eigenvalue weighted by Crippen LogP contribution is 2.38. The maximum absolute atomic E-state index is 10.3. The first-order valence-electron chi connectivity index (χ1n) is 9.82. The molecule has 0 spiro atoms. The molecular weight excluding hydrogens is 318 g/mol. The van der Waals surface area contributed by atoms with Crippen molar-refractivity contribution in [1.82, 2.24) is 4.98 Å². The fourth-order valence-electron chi connectivity index (χ4n) is 3.45. The zero-order chi connectivity index (χ0) is 19.3. The summed E-state index contributed by atoms with van der Waals surface area (Å²) in [6.07, 6.45) is 6.63. The summed E-state index contributed by atoms with van der Waals surface area (Å²) < 4.78 is 0. The van der Waals surface area contributed by atoms with Crippen LogP contribution in [0.1, 0.15) is 87.4 Å². The van der Waals surface area contributed by atoms with Gasteiger partial charge in [-0.3, -0.25) is 4.98 Å². The molecule has 0 aliphatic rings. The molecule has 0 unspecified atom stereocenters. The molecule has 0 saturated heterocycles. The van der Waals surface area contributed by atoms with Crippen LogP contribution >= 0.6 is 0 Å². The monoisotopic (exact) mass is 351 g/mol. The van der Waals surface area contributed by atoms with Crippen molar-refractivity contribution in [2.24, 2.45) is 0 Å². The lowest BCUT2D eigenvalue weighted by atomic mass is 9.85. The number of nitrogens with zero attached hydrogens (tertiary/aromatic N) is 1. The zero-order valence-corrected chi connectivity index (χ0v) is 17.1. The van der Waals surface area contributed by atoms with E-state index in [-0.39, 0.29) is 12.5 Å². The number of pyridine rings is 1. The van der Waals surface area contributed by atoms with E-state index >= 15 is 0 Å². The molecule has 26 heavy (non-hydrogen) atoms. The Morgan fingerprint density at radius 3 is 2.23 bits per heavy atom. The van der Waals surface area contributed by atoms with Gasteiger partial charge < -0.3 is 5.11 Å². The van der Waals surface area contributed by atoms with E-state index in [0.29, 0.717) is 5.92 Å². The Morgan fingerprint density at radius 2 is 1.69 bits per heavy atom. The Morgan fingerprint density at radius 1 is 1.04 bits per heavy atom. The molecule has 1 heterocycles. The van der Waals surface area contributed by atoms with Crippen LogP contribution in [0.5, 0.6) is 0 Å². The molecule has 0 amide bonds. The molecule has 1 aromatic heterocycles. The third kappa shape index (κ3) is 4.24. The zero-order valence-electron chi connectivity index (χ0n) is 17.1. The number of hydrogen-bond donors (Lipinski definition) is 1. The normalized spacial score (nSPS) is 11.9. The molecule has 1 N–H and O–H groups in total. The van der Waals surface area contributed by atoms with Crippen LogP contribution in [0.4, 0.5) is 0 Å². The van der Waals surface area contributed by atoms with Crippen molar-refractivity contribution in [3.63, 3.8) is 0 Å². The quantitative estimate of drug-likeness (QED) is 0.609. The van der Waals surface area contributed by atoms with E-state index in [4.69, 9.17) is 4.98 Å². The maximum atomic E-state index is 10.3. The highest BCUT2D eigenvalue weighted by Gasteiger charge is 2.22. The number of aliphatic hydroxyl groups excluding tert-OH is 1. The summed E-state index contributed by atoms with van der Waals surface area (Å²) in [5, 5.41) is 10.3. The van der Waals surface area contributed by atoms with Crippen LogP contribution in [0.2, 0.25) is 0 Å². The average molecular weight is 352 g/mol. The Kier molecular flexibility index (Phi) is 7.16. The summed E-state index contributed by atoms with van der Waals surface area (Å²) in [7, 11) is 0. The number of rotatable bonds is 7. The van der Waals surface area contributed by atoms with Gasteiger partial charge >= 0.3 is 0 Å². The Labute approximate surface area is 159 Å². The Bertz CT molecular complexity index is 772. The highest BCUT2D eigenvalue weighted by molar-refractivity contribution is 5.82. The van der Waals surface area contributed by atoms with Crippen molar-refractivity contribution in [3.05, 3.63) is 58.4 Å². The summed E-state index contributed by atoms with van der Waals surface area (Å²) in [6.45, 7) is 13.0. The standard InChI is InChI=1S/C24H33NO/c1-7-8-9-14-20-22(19-13-11-10-12-18(19)6)21(15-26)24(17(4)5)25-23(20)16(2)3/h9-14,16-17,26H,7-8,15H2,1-6H3/b14-9+. The van der Waals surface area contributed by atoms with E-state index in [9.17, 15) is 5.11 Å². The largest absolute Gasteiger partial charge is 0.392 e. The van der Waals surface area contributed by atoms with Gasteiger partial charge in [0, 0.05) is 16.8 Å². The summed E-state index contributed by atoms with van der Waals surface area (Å²) in [6, 6.07) is 8.45. The second-order valence-corrected chi connectivity index (χ2v) is 7.62. The summed E-state index contributed by atoms with van der Waals surface area (Å²) in [5.41, 5.74) is 7.84. The SMILES string of the molecule is CCC/C=C/c1c(C(C)C)nc(C(C)C)c(CO)c1-c1ccccc1C. The van der Waals surface area contributed by atoms with Crippen LogP contribution in [0.25, 0.3) is 17.2 Å². The fraction of sp³-hybridized carbons (Fsp3) is 0.458. The third-order valence-electron chi connectivity index (χ3n) is 4.80. The van der Waals surface area contributed by atoms with E-state index in [1.165, 1.54) is 11.1 Å². The van der Waals surface area contributed by atoms with E-state index in [2.05, 4.69) is 78.0 Å². The summed E-state index contributed by atoms with van der Waals surface area (Å²) in [4.78, 5) is 5.03. The molecule has 2 nitrogen and oxygen atoms in total. The number of aliphatic hydroxyl groups is 1. The number of unbranched alkanes of at least 4 members (excludes halogenated alkanes) is 1. The molecular formula is C24H33NO. The van der Waals surface area contributed by atoms with E-state index < -0.39 is 0 Å². The van der Waals surface area contributed by atoms with Crippen LogP contribution in [0, 0.1) is 6.92 Å². The van der Waals surface area contributed by atoms with E-state index in [1.54, 1.807) is 0 Å². The van der Waals surface area contributed by atoms with Gasteiger partial charge in [0.2, 0.25) is 0 Å². The molecule has 0 atom stereocenters. The lowest BCUT2D eigenvalue weighted by molar-refractivity contribution is 0.280. The molecule has 0 aliphatic carbocycles. The second-order valence-electron chi connectivity index (χ2n) is 7.62. The number of aromatic nitrogens is 1. The third-order valence-corrected chi connectivity index (χ3v) is 4.80. The summed E-state index contributed by atoms with van der Waals surface area (Å²) in [5.74, 6) is 0.593. The highest BCUT2D eigenvalue weighted by atomic mass is 16.3. The lowest BCUT2D eigenvalue weighted by Gasteiger charge is -2.23. The van der Waals surface area contributed by atoms with Gasteiger partial charge in [0.25, 0.3) is 0 Å². The molecule has 2 heteroatoms. The van der Waals surface area contributed by atoms with Gasteiger partial charge in [-0.2, -0.15) is 0 Å². The Balaban J connectivity index is 2.92. The molecule has 1 aromatic carbocycles. The number of aryl methyl sites for hydroxylation is 1. The van der Waals surface area contributed by atoms with Gasteiger partial charge in [-0.1, -0.05) is 77.5 Å². The molecule has 2 rings (SSSR count). The second kappa shape index (κ2) is 9.14. The number of benzene rings is 1. The van der Waals surface area contributed by atoms with Crippen molar-refractivity contribution in [3.8, 4) is 11.1 Å². The predicted molar refractivity (Wildman–Crippen MR) is 112 cm³/mol. The van der Waals surface area contributed by atoms with E-state index in [0.717, 1.165) is 40.9 Å². The minimum Gasteiger partial charge on any atom is -0.392 e. The minimum absolute atomic E-state index is 0.0111. The maximum Gasteiger partial charge on any atom is 0.0706 e. The molecule has 140 valence electrons. The van der Waals surface area contributed by atoms with Gasteiger partial charge in [0.1, 0.15) is 0 Å². The van der Waals surface area contributed by atoms with Crippen molar-refractivity contribution < 1.29 is 5.11 Å². The van der Waals surface area contributed by atoms with Crippen LogP contribution in [0.15, 0.2) is 30.3 Å². The first kappa shape index (κ1) is 20.4. The van der Waals surface area contributed by atoms with Crippen LogP contribution in [-0.2, 0) is 6.61 Å². The lowest BCUT2D eigenvalue weighted by Crippen LogP contribution is -2.11.